The summed E-state index contributed by atoms with van der Waals surface area (Å²) in [4.78, 5) is 4.85. The second kappa shape index (κ2) is 5.45. The normalized spacial score (nSPS) is 16.8. The van der Waals surface area contributed by atoms with Gasteiger partial charge in [0.25, 0.3) is 0 Å². The van der Waals surface area contributed by atoms with Crippen molar-refractivity contribution >= 4 is 5.69 Å². The Hall–Kier alpha value is -1.81. The van der Waals surface area contributed by atoms with Crippen molar-refractivity contribution in [2.75, 3.05) is 31.1 Å². The quantitative estimate of drug-likeness (QED) is 0.844. The van der Waals surface area contributed by atoms with E-state index in [2.05, 4.69) is 45.3 Å². The van der Waals surface area contributed by atoms with Crippen LogP contribution in [0.3, 0.4) is 0 Å². The van der Waals surface area contributed by atoms with Crippen LogP contribution in [0.4, 0.5) is 5.69 Å². The first-order valence-electron chi connectivity index (χ1n) is 6.76. The largest absolute Gasteiger partial charge is 0.369 e. The van der Waals surface area contributed by atoms with Gasteiger partial charge in [0, 0.05) is 37.9 Å². The average molecular weight is 257 g/mol. The highest BCUT2D eigenvalue weighted by Gasteiger charge is 2.18. The number of hydrogen-bond acceptors (Lipinski definition) is 4. The summed E-state index contributed by atoms with van der Waals surface area (Å²) in [5, 5.41) is 3.93. The maximum Gasteiger partial charge on any atom is 0.150 e. The molecule has 1 aromatic carbocycles. The minimum atomic E-state index is 0.865. The van der Waals surface area contributed by atoms with Gasteiger partial charge in [0.15, 0.2) is 5.76 Å². The lowest BCUT2D eigenvalue weighted by atomic mass is 10.2. The molecular weight excluding hydrogens is 238 g/mol. The van der Waals surface area contributed by atoms with Crippen LogP contribution in [0.25, 0.3) is 0 Å². The molecule has 0 saturated carbocycles. The summed E-state index contributed by atoms with van der Waals surface area (Å²) in [5.41, 5.74) is 2.27. The van der Waals surface area contributed by atoms with Crippen molar-refractivity contribution in [3.05, 3.63) is 47.9 Å². The van der Waals surface area contributed by atoms with Gasteiger partial charge in [0.2, 0.25) is 0 Å². The number of piperazine rings is 1. The minimum absolute atomic E-state index is 0.865. The van der Waals surface area contributed by atoms with Crippen LogP contribution < -0.4 is 4.90 Å². The van der Waals surface area contributed by atoms with Crippen molar-refractivity contribution < 1.29 is 4.52 Å². The Morgan fingerprint density at radius 2 is 1.84 bits per heavy atom. The third-order valence-corrected chi connectivity index (χ3v) is 3.55. The number of rotatable bonds is 3. The van der Waals surface area contributed by atoms with Gasteiger partial charge in [-0.1, -0.05) is 23.4 Å². The zero-order valence-electron chi connectivity index (χ0n) is 11.2. The average Bonchev–Trinajstić information content (AvgIpc) is 2.86. The summed E-state index contributed by atoms with van der Waals surface area (Å²) in [6.07, 6.45) is 0. The molecular formula is C15H19N3O. The van der Waals surface area contributed by atoms with Crippen molar-refractivity contribution in [2.24, 2.45) is 0 Å². The Morgan fingerprint density at radius 3 is 2.47 bits per heavy atom. The summed E-state index contributed by atoms with van der Waals surface area (Å²) in [6.45, 7) is 7.08. The fourth-order valence-corrected chi connectivity index (χ4v) is 2.51. The van der Waals surface area contributed by atoms with E-state index in [1.165, 1.54) is 5.69 Å². The van der Waals surface area contributed by atoms with Gasteiger partial charge < -0.3 is 9.42 Å². The van der Waals surface area contributed by atoms with Gasteiger partial charge in [-0.15, -0.1) is 0 Å². The first kappa shape index (κ1) is 12.2. The third kappa shape index (κ3) is 2.96. The second-order valence-electron chi connectivity index (χ2n) is 5.03. The lowest BCUT2D eigenvalue weighted by molar-refractivity contribution is 0.219. The van der Waals surface area contributed by atoms with E-state index >= 15 is 0 Å². The molecule has 0 spiro atoms. The van der Waals surface area contributed by atoms with Crippen molar-refractivity contribution in [1.82, 2.24) is 10.1 Å². The molecule has 0 bridgehead atoms. The van der Waals surface area contributed by atoms with Crippen molar-refractivity contribution in [2.45, 2.75) is 13.5 Å². The highest BCUT2D eigenvalue weighted by Crippen LogP contribution is 2.16. The topological polar surface area (TPSA) is 32.5 Å². The number of benzene rings is 1. The van der Waals surface area contributed by atoms with Gasteiger partial charge in [0.05, 0.1) is 12.2 Å². The molecule has 0 atom stereocenters. The number of aryl methyl sites for hydroxylation is 1. The van der Waals surface area contributed by atoms with E-state index in [-0.39, 0.29) is 0 Å². The van der Waals surface area contributed by atoms with E-state index in [4.69, 9.17) is 4.52 Å². The standard InChI is InChI=1S/C15H19N3O/c1-13-11-15(19-16-13)12-17-7-9-18(10-8-17)14-5-3-2-4-6-14/h2-6,11H,7-10,12H2,1H3. The first-order valence-corrected chi connectivity index (χ1v) is 6.76. The summed E-state index contributed by atoms with van der Waals surface area (Å²) in [6, 6.07) is 12.6. The molecule has 1 fully saturated rings. The molecule has 0 N–H and O–H groups in total. The fraction of sp³-hybridized carbons (Fsp3) is 0.400. The second-order valence-corrected chi connectivity index (χ2v) is 5.03. The van der Waals surface area contributed by atoms with Gasteiger partial charge >= 0.3 is 0 Å². The monoisotopic (exact) mass is 257 g/mol. The van der Waals surface area contributed by atoms with Gasteiger partial charge in [-0.05, 0) is 19.1 Å². The van der Waals surface area contributed by atoms with E-state index < -0.39 is 0 Å². The fourth-order valence-electron chi connectivity index (χ4n) is 2.51. The van der Waals surface area contributed by atoms with Crippen LogP contribution in [0.2, 0.25) is 0 Å². The predicted octanol–water partition coefficient (Wildman–Crippen LogP) is 2.31. The Balaban J connectivity index is 1.55. The Bertz CT molecular complexity index is 515. The van der Waals surface area contributed by atoms with Crippen molar-refractivity contribution in [3.63, 3.8) is 0 Å². The summed E-state index contributed by atoms with van der Waals surface area (Å²) in [7, 11) is 0. The molecule has 2 heterocycles. The van der Waals surface area contributed by atoms with Crippen LogP contribution in [-0.4, -0.2) is 36.2 Å². The molecule has 100 valence electrons. The van der Waals surface area contributed by atoms with Crippen LogP contribution in [0, 0.1) is 6.92 Å². The molecule has 1 aliphatic heterocycles. The Morgan fingerprint density at radius 1 is 1.11 bits per heavy atom. The SMILES string of the molecule is Cc1cc(CN2CCN(c3ccccc3)CC2)on1. The molecule has 1 aliphatic rings. The van der Waals surface area contributed by atoms with Crippen LogP contribution in [0.5, 0.6) is 0 Å². The van der Waals surface area contributed by atoms with Crippen LogP contribution >= 0.6 is 0 Å². The van der Waals surface area contributed by atoms with E-state index in [1.54, 1.807) is 0 Å². The molecule has 1 saturated heterocycles. The van der Waals surface area contributed by atoms with Crippen LogP contribution in [0.15, 0.2) is 40.9 Å². The van der Waals surface area contributed by atoms with Crippen molar-refractivity contribution in [3.8, 4) is 0 Å². The number of anilines is 1. The highest BCUT2D eigenvalue weighted by atomic mass is 16.5. The molecule has 4 heteroatoms. The Labute approximate surface area is 113 Å². The lowest BCUT2D eigenvalue weighted by Crippen LogP contribution is -2.45. The number of nitrogens with zero attached hydrogens (tertiary/aromatic N) is 3. The van der Waals surface area contributed by atoms with E-state index in [1.807, 2.05) is 13.0 Å². The van der Waals surface area contributed by atoms with Gasteiger partial charge in [-0.3, -0.25) is 4.90 Å². The van der Waals surface area contributed by atoms with Gasteiger partial charge in [0.1, 0.15) is 0 Å². The van der Waals surface area contributed by atoms with Crippen molar-refractivity contribution in [1.29, 1.82) is 0 Å². The third-order valence-electron chi connectivity index (χ3n) is 3.55. The molecule has 1 aromatic heterocycles. The summed E-state index contributed by atoms with van der Waals surface area (Å²) in [5.74, 6) is 0.964. The Kier molecular flexibility index (Phi) is 3.51. The van der Waals surface area contributed by atoms with Crippen LogP contribution in [0.1, 0.15) is 11.5 Å². The smallest absolute Gasteiger partial charge is 0.150 e. The van der Waals surface area contributed by atoms with E-state index in [0.717, 1.165) is 44.2 Å². The molecule has 0 radical (unpaired) electrons. The summed E-state index contributed by atoms with van der Waals surface area (Å²) >= 11 is 0. The number of hydrogen-bond donors (Lipinski definition) is 0. The number of para-hydroxylation sites is 1. The number of aromatic nitrogens is 1. The maximum atomic E-state index is 5.27. The lowest BCUT2D eigenvalue weighted by Gasteiger charge is -2.35. The molecule has 3 rings (SSSR count). The highest BCUT2D eigenvalue weighted by molar-refractivity contribution is 5.46. The minimum Gasteiger partial charge on any atom is -0.369 e. The summed E-state index contributed by atoms with van der Waals surface area (Å²) < 4.78 is 5.27. The first-order chi connectivity index (χ1) is 9.31. The molecule has 0 unspecified atom stereocenters. The molecule has 4 nitrogen and oxygen atoms in total. The molecule has 2 aromatic rings. The molecule has 19 heavy (non-hydrogen) atoms. The van der Waals surface area contributed by atoms with Gasteiger partial charge in [-0.25, -0.2) is 0 Å². The predicted molar refractivity (Wildman–Crippen MR) is 75.2 cm³/mol. The zero-order valence-corrected chi connectivity index (χ0v) is 11.2. The molecule has 0 amide bonds. The van der Waals surface area contributed by atoms with Crippen LogP contribution in [-0.2, 0) is 6.54 Å². The zero-order chi connectivity index (χ0) is 13.1. The van der Waals surface area contributed by atoms with E-state index in [9.17, 15) is 0 Å². The van der Waals surface area contributed by atoms with E-state index in [0.29, 0.717) is 0 Å². The molecule has 0 aliphatic carbocycles. The maximum absolute atomic E-state index is 5.27. The van der Waals surface area contributed by atoms with Gasteiger partial charge in [-0.2, -0.15) is 0 Å².